The summed E-state index contributed by atoms with van der Waals surface area (Å²) in [5.41, 5.74) is 0. The number of nitrogens with one attached hydrogen (secondary N) is 1. The number of carbonyl (C=O) groups is 1. The molecule has 0 aromatic rings. The second-order valence-corrected chi connectivity index (χ2v) is 4.07. The number of carboxylic acid groups (broad SMARTS) is 1. The predicted octanol–water partition coefficient (Wildman–Crippen LogP) is 0.819. The fourth-order valence-corrected chi connectivity index (χ4v) is 1.90. The van der Waals surface area contributed by atoms with Crippen molar-refractivity contribution in [2.24, 2.45) is 0 Å². The topological polar surface area (TPSA) is 58.6 Å². The summed E-state index contributed by atoms with van der Waals surface area (Å²) in [7, 11) is 1.67. The highest BCUT2D eigenvalue weighted by molar-refractivity contribution is 7.99. The summed E-state index contributed by atoms with van der Waals surface area (Å²) in [6, 6.07) is -0.407. The molecule has 0 aromatic heterocycles. The van der Waals surface area contributed by atoms with Crippen molar-refractivity contribution in [3.63, 3.8) is 0 Å². The molecule has 0 radical (unpaired) electrons. The Kier molecular flexibility index (Phi) is 9.13. The molecule has 0 saturated carbocycles. The van der Waals surface area contributed by atoms with Gasteiger partial charge in [-0.05, 0) is 18.7 Å². The molecular weight excluding hydrogens is 202 g/mol. The molecule has 2 N–H and O–H groups in total. The van der Waals surface area contributed by atoms with Crippen molar-refractivity contribution in [2.75, 3.05) is 31.8 Å². The summed E-state index contributed by atoms with van der Waals surface area (Å²) in [6.45, 7) is 3.33. The minimum Gasteiger partial charge on any atom is -0.480 e. The van der Waals surface area contributed by atoms with Crippen LogP contribution in [0.5, 0.6) is 0 Å². The third-order valence-corrected chi connectivity index (χ3v) is 2.71. The van der Waals surface area contributed by atoms with Crippen LogP contribution in [0.2, 0.25) is 0 Å². The minimum atomic E-state index is -0.765. The highest BCUT2D eigenvalue weighted by atomic mass is 32.2. The molecule has 0 heterocycles. The van der Waals surface area contributed by atoms with Gasteiger partial charge in [0.2, 0.25) is 0 Å². The third kappa shape index (κ3) is 7.17. The molecule has 4 nitrogen and oxygen atoms in total. The van der Waals surface area contributed by atoms with Gasteiger partial charge in [-0.1, -0.05) is 6.92 Å². The quantitative estimate of drug-likeness (QED) is 0.564. The van der Waals surface area contributed by atoms with Crippen LogP contribution in [0.3, 0.4) is 0 Å². The fourth-order valence-electron chi connectivity index (χ4n) is 1.00. The summed E-state index contributed by atoms with van der Waals surface area (Å²) >= 11 is 1.72. The molecule has 0 saturated heterocycles. The average molecular weight is 221 g/mol. The Hall–Kier alpha value is -0.260. The first kappa shape index (κ1) is 13.7. The molecule has 84 valence electrons. The molecule has 14 heavy (non-hydrogen) atoms. The fraction of sp³-hybridized carbons (Fsp3) is 0.889. The molecule has 0 aromatic carbocycles. The highest BCUT2D eigenvalue weighted by Crippen LogP contribution is 2.04. The minimum absolute atomic E-state index is 0.407. The molecule has 0 bridgehead atoms. The summed E-state index contributed by atoms with van der Waals surface area (Å²) in [5, 5.41) is 11.7. The van der Waals surface area contributed by atoms with Crippen molar-refractivity contribution in [1.29, 1.82) is 0 Å². The smallest absolute Gasteiger partial charge is 0.320 e. The Labute approximate surface area is 89.4 Å². The van der Waals surface area contributed by atoms with Crippen LogP contribution in [-0.4, -0.2) is 48.9 Å². The first-order chi connectivity index (χ1) is 6.72. The number of ether oxygens (including phenoxy) is 1. The van der Waals surface area contributed by atoms with Gasteiger partial charge in [0.1, 0.15) is 6.04 Å². The SMILES string of the molecule is CCNC(CCSCCOC)C(=O)O. The number of hydrogen-bond donors (Lipinski definition) is 2. The van der Waals surface area contributed by atoms with Crippen molar-refractivity contribution in [3.8, 4) is 0 Å². The van der Waals surface area contributed by atoms with Gasteiger partial charge in [-0.2, -0.15) is 11.8 Å². The first-order valence-electron chi connectivity index (χ1n) is 4.75. The van der Waals surface area contributed by atoms with Crippen LogP contribution < -0.4 is 5.32 Å². The van der Waals surface area contributed by atoms with Crippen LogP contribution in [0, 0.1) is 0 Å². The van der Waals surface area contributed by atoms with E-state index in [1.807, 2.05) is 6.92 Å². The van der Waals surface area contributed by atoms with Gasteiger partial charge in [-0.15, -0.1) is 0 Å². The van der Waals surface area contributed by atoms with E-state index >= 15 is 0 Å². The largest absolute Gasteiger partial charge is 0.480 e. The van der Waals surface area contributed by atoms with Crippen LogP contribution in [-0.2, 0) is 9.53 Å². The van der Waals surface area contributed by atoms with Gasteiger partial charge in [0.15, 0.2) is 0 Å². The number of hydrogen-bond acceptors (Lipinski definition) is 4. The lowest BCUT2D eigenvalue weighted by atomic mass is 10.2. The molecule has 0 rings (SSSR count). The zero-order chi connectivity index (χ0) is 10.8. The summed E-state index contributed by atoms with van der Waals surface area (Å²) < 4.78 is 4.89. The van der Waals surface area contributed by atoms with Crippen molar-refractivity contribution >= 4 is 17.7 Å². The van der Waals surface area contributed by atoms with Crippen molar-refractivity contribution in [2.45, 2.75) is 19.4 Å². The average Bonchev–Trinajstić information content (AvgIpc) is 2.15. The first-order valence-corrected chi connectivity index (χ1v) is 5.90. The van der Waals surface area contributed by atoms with Gasteiger partial charge in [-0.25, -0.2) is 0 Å². The summed E-state index contributed by atoms with van der Waals surface area (Å²) in [6.07, 6.45) is 0.664. The van der Waals surface area contributed by atoms with E-state index in [1.165, 1.54) is 0 Å². The van der Waals surface area contributed by atoms with Crippen LogP contribution >= 0.6 is 11.8 Å². The summed E-state index contributed by atoms with van der Waals surface area (Å²) in [5.74, 6) is 1.02. The Morgan fingerprint density at radius 2 is 2.29 bits per heavy atom. The van der Waals surface area contributed by atoms with Crippen molar-refractivity contribution in [3.05, 3.63) is 0 Å². The zero-order valence-electron chi connectivity index (χ0n) is 8.78. The lowest BCUT2D eigenvalue weighted by molar-refractivity contribution is -0.139. The van der Waals surface area contributed by atoms with E-state index < -0.39 is 12.0 Å². The molecule has 1 atom stereocenters. The van der Waals surface area contributed by atoms with Crippen molar-refractivity contribution < 1.29 is 14.6 Å². The van der Waals surface area contributed by atoms with Gasteiger partial charge in [0.05, 0.1) is 6.61 Å². The lowest BCUT2D eigenvalue weighted by Gasteiger charge is -2.12. The molecule has 0 fully saturated rings. The maximum atomic E-state index is 10.7. The Balaban J connectivity index is 3.46. The van der Waals surface area contributed by atoms with Gasteiger partial charge in [0.25, 0.3) is 0 Å². The lowest BCUT2D eigenvalue weighted by Crippen LogP contribution is -2.36. The number of carboxylic acids is 1. The highest BCUT2D eigenvalue weighted by Gasteiger charge is 2.14. The van der Waals surface area contributed by atoms with Crippen molar-refractivity contribution in [1.82, 2.24) is 5.32 Å². The van der Waals surface area contributed by atoms with Gasteiger partial charge in [-0.3, -0.25) is 4.79 Å². The molecular formula is C9H19NO3S. The van der Waals surface area contributed by atoms with Gasteiger partial charge in [0, 0.05) is 12.9 Å². The number of aliphatic carboxylic acids is 1. The second kappa shape index (κ2) is 9.30. The van der Waals surface area contributed by atoms with Crippen LogP contribution in [0.25, 0.3) is 0 Å². The molecule has 1 unspecified atom stereocenters. The number of likely N-dealkylation sites (N-methyl/N-ethyl adjacent to an activating group) is 1. The maximum Gasteiger partial charge on any atom is 0.320 e. The number of rotatable bonds is 9. The van der Waals surface area contributed by atoms with E-state index in [9.17, 15) is 4.79 Å². The van der Waals surface area contributed by atoms with Crippen LogP contribution in [0.15, 0.2) is 0 Å². The normalized spacial score (nSPS) is 12.7. The third-order valence-electron chi connectivity index (χ3n) is 1.73. The summed E-state index contributed by atoms with van der Waals surface area (Å²) in [4.78, 5) is 10.7. The van der Waals surface area contributed by atoms with E-state index in [-0.39, 0.29) is 0 Å². The molecule has 0 aliphatic rings. The maximum absolute atomic E-state index is 10.7. The second-order valence-electron chi connectivity index (χ2n) is 2.84. The monoisotopic (exact) mass is 221 g/mol. The number of methoxy groups -OCH3 is 1. The van der Waals surface area contributed by atoms with E-state index in [0.29, 0.717) is 13.0 Å². The molecule has 0 aliphatic carbocycles. The van der Waals surface area contributed by atoms with Gasteiger partial charge < -0.3 is 15.2 Å². The van der Waals surface area contributed by atoms with E-state index in [4.69, 9.17) is 9.84 Å². The predicted molar refractivity (Wildman–Crippen MR) is 58.9 cm³/mol. The zero-order valence-corrected chi connectivity index (χ0v) is 9.60. The molecule has 0 amide bonds. The van der Waals surface area contributed by atoms with E-state index in [1.54, 1.807) is 18.9 Å². The molecule has 0 aliphatic heterocycles. The van der Waals surface area contributed by atoms with E-state index in [2.05, 4.69) is 5.32 Å². The Morgan fingerprint density at radius 3 is 2.79 bits per heavy atom. The van der Waals surface area contributed by atoms with Crippen LogP contribution in [0.4, 0.5) is 0 Å². The van der Waals surface area contributed by atoms with Crippen LogP contribution in [0.1, 0.15) is 13.3 Å². The molecule has 0 spiro atoms. The molecule has 5 heteroatoms. The Bertz CT molecular complexity index is 155. The van der Waals surface area contributed by atoms with E-state index in [0.717, 1.165) is 18.1 Å². The number of thioether (sulfide) groups is 1. The standard InChI is InChI=1S/C9H19NO3S/c1-3-10-8(9(11)12)4-6-14-7-5-13-2/h8,10H,3-7H2,1-2H3,(H,11,12). The Morgan fingerprint density at radius 1 is 1.57 bits per heavy atom. The van der Waals surface area contributed by atoms with Gasteiger partial charge >= 0.3 is 5.97 Å².